The highest BCUT2D eigenvalue weighted by atomic mass is 32.2. The second kappa shape index (κ2) is 6.52. The summed E-state index contributed by atoms with van der Waals surface area (Å²) in [5.41, 5.74) is 0.662. The molecule has 1 aromatic heterocycles. The van der Waals surface area contributed by atoms with Crippen molar-refractivity contribution in [2.45, 2.75) is 18.7 Å². The molecule has 1 N–H and O–H groups in total. The van der Waals surface area contributed by atoms with Crippen molar-refractivity contribution in [1.29, 1.82) is 0 Å². The van der Waals surface area contributed by atoms with Gasteiger partial charge in [-0.1, -0.05) is 12.1 Å². The maximum atomic E-state index is 12.7. The van der Waals surface area contributed by atoms with E-state index in [0.29, 0.717) is 11.5 Å². The summed E-state index contributed by atoms with van der Waals surface area (Å²) < 4.78 is 29.2. The Morgan fingerprint density at radius 1 is 1.15 bits per heavy atom. The Bertz CT molecular complexity index is 1090. The quantitative estimate of drug-likeness (QED) is 0.533. The van der Waals surface area contributed by atoms with Crippen molar-refractivity contribution in [2.24, 2.45) is 0 Å². The van der Waals surface area contributed by atoms with Gasteiger partial charge in [-0.15, -0.1) is 5.10 Å². The van der Waals surface area contributed by atoms with E-state index in [-0.39, 0.29) is 21.8 Å². The van der Waals surface area contributed by atoms with E-state index in [1.54, 1.807) is 31.2 Å². The fourth-order valence-electron chi connectivity index (χ4n) is 2.47. The van der Waals surface area contributed by atoms with Gasteiger partial charge in [-0.05, 0) is 48.5 Å². The standard InChI is InChI=1S/C15H14N6O4S/c1-10-14(21(22)23)7-4-8-15(10)26(24,25)17-12-5-3-6-13(9-12)20-11(2)16-18-19-20/h3-9,17H,1-2H3. The molecule has 0 radical (unpaired) electrons. The van der Waals surface area contributed by atoms with Crippen LogP contribution in [-0.4, -0.2) is 33.5 Å². The van der Waals surface area contributed by atoms with E-state index in [1.807, 2.05) is 0 Å². The first kappa shape index (κ1) is 17.5. The molecule has 1 heterocycles. The molecule has 10 nitrogen and oxygen atoms in total. The van der Waals surface area contributed by atoms with Crippen molar-refractivity contribution in [1.82, 2.24) is 20.2 Å². The summed E-state index contributed by atoms with van der Waals surface area (Å²) in [5, 5.41) is 22.2. The summed E-state index contributed by atoms with van der Waals surface area (Å²) in [6.45, 7) is 3.11. The average molecular weight is 374 g/mol. The molecule has 0 aliphatic rings. The van der Waals surface area contributed by atoms with E-state index >= 15 is 0 Å². The van der Waals surface area contributed by atoms with Crippen LogP contribution in [0, 0.1) is 24.0 Å². The van der Waals surface area contributed by atoms with Crippen molar-refractivity contribution >= 4 is 21.4 Å². The molecule has 0 saturated heterocycles. The van der Waals surface area contributed by atoms with Gasteiger partial charge in [-0.2, -0.15) is 4.68 Å². The van der Waals surface area contributed by atoms with E-state index in [2.05, 4.69) is 20.2 Å². The first-order chi connectivity index (χ1) is 12.3. The number of anilines is 1. The van der Waals surface area contributed by atoms with Gasteiger partial charge in [0.05, 0.1) is 21.2 Å². The summed E-state index contributed by atoms with van der Waals surface area (Å²) in [6.07, 6.45) is 0. The molecule has 3 rings (SSSR count). The summed E-state index contributed by atoms with van der Waals surface area (Å²) in [7, 11) is -4.01. The maximum absolute atomic E-state index is 12.7. The number of benzene rings is 2. The number of hydrogen-bond donors (Lipinski definition) is 1. The van der Waals surface area contributed by atoms with Crippen LogP contribution in [0.5, 0.6) is 0 Å². The normalized spacial score (nSPS) is 11.3. The zero-order chi connectivity index (χ0) is 18.9. The molecule has 0 fully saturated rings. The molecule has 0 aliphatic carbocycles. The van der Waals surface area contributed by atoms with Gasteiger partial charge in [-0.3, -0.25) is 14.8 Å². The Balaban J connectivity index is 1.98. The molecule has 0 atom stereocenters. The van der Waals surface area contributed by atoms with Crippen molar-refractivity contribution in [3.8, 4) is 5.69 Å². The fourth-order valence-corrected chi connectivity index (χ4v) is 3.79. The van der Waals surface area contributed by atoms with Gasteiger partial charge >= 0.3 is 0 Å². The number of sulfonamides is 1. The lowest BCUT2D eigenvalue weighted by atomic mass is 10.2. The number of nitro benzene ring substituents is 1. The second-order valence-corrected chi connectivity index (χ2v) is 7.10. The molecule has 0 aliphatic heterocycles. The highest BCUT2D eigenvalue weighted by Crippen LogP contribution is 2.26. The lowest BCUT2D eigenvalue weighted by Crippen LogP contribution is -2.15. The van der Waals surface area contributed by atoms with E-state index < -0.39 is 14.9 Å². The Labute approximate surface area is 148 Å². The number of aromatic nitrogens is 4. The van der Waals surface area contributed by atoms with E-state index in [9.17, 15) is 18.5 Å². The van der Waals surface area contributed by atoms with Crippen LogP contribution >= 0.6 is 0 Å². The summed E-state index contributed by atoms with van der Waals surface area (Å²) >= 11 is 0. The van der Waals surface area contributed by atoms with Crippen LogP contribution in [0.4, 0.5) is 11.4 Å². The smallest absolute Gasteiger partial charge is 0.273 e. The Morgan fingerprint density at radius 3 is 2.54 bits per heavy atom. The van der Waals surface area contributed by atoms with Crippen LogP contribution in [-0.2, 0) is 10.0 Å². The average Bonchev–Trinajstić information content (AvgIpc) is 3.00. The number of nitrogens with one attached hydrogen (secondary N) is 1. The SMILES string of the molecule is Cc1c([N+](=O)[O-])cccc1S(=O)(=O)Nc1cccc(-n2nnnc2C)c1. The topological polar surface area (TPSA) is 133 Å². The van der Waals surface area contributed by atoms with Crippen molar-refractivity contribution in [3.05, 3.63) is 64.0 Å². The molecule has 3 aromatic rings. The summed E-state index contributed by atoms with van der Waals surface area (Å²) in [6, 6.07) is 10.4. The molecule has 0 bridgehead atoms. The number of nitro groups is 1. The van der Waals surface area contributed by atoms with E-state index in [1.165, 1.54) is 29.8 Å². The molecular formula is C15H14N6O4S. The molecule has 2 aromatic carbocycles. The van der Waals surface area contributed by atoms with Gasteiger partial charge in [0.25, 0.3) is 15.7 Å². The molecule has 134 valence electrons. The molecule has 0 amide bonds. The van der Waals surface area contributed by atoms with Gasteiger partial charge < -0.3 is 0 Å². The zero-order valence-electron chi connectivity index (χ0n) is 13.8. The predicted octanol–water partition coefficient (Wildman–Crippen LogP) is 1.99. The first-order valence-corrected chi connectivity index (χ1v) is 8.90. The molecule has 11 heteroatoms. The minimum Gasteiger partial charge on any atom is -0.280 e. The molecule has 0 unspecified atom stereocenters. The fraction of sp³-hybridized carbons (Fsp3) is 0.133. The number of hydrogen-bond acceptors (Lipinski definition) is 7. The number of nitrogens with zero attached hydrogens (tertiary/aromatic N) is 5. The van der Waals surface area contributed by atoms with E-state index in [4.69, 9.17) is 0 Å². The maximum Gasteiger partial charge on any atom is 0.273 e. The van der Waals surface area contributed by atoms with Crippen LogP contribution in [0.15, 0.2) is 47.4 Å². The van der Waals surface area contributed by atoms with Gasteiger partial charge in [0.2, 0.25) is 0 Å². The number of rotatable bonds is 5. The van der Waals surface area contributed by atoms with Crippen molar-refractivity contribution in [3.63, 3.8) is 0 Å². The Kier molecular flexibility index (Phi) is 4.38. The van der Waals surface area contributed by atoms with Crippen LogP contribution in [0.3, 0.4) is 0 Å². The number of aryl methyl sites for hydroxylation is 1. The third-order valence-electron chi connectivity index (χ3n) is 3.71. The van der Waals surface area contributed by atoms with E-state index in [0.717, 1.165) is 0 Å². The molecule has 0 spiro atoms. The Morgan fingerprint density at radius 2 is 1.88 bits per heavy atom. The monoisotopic (exact) mass is 374 g/mol. The number of tetrazole rings is 1. The van der Waals surface area contributed by atoms with Crippen LogP contribution in [0.2, 0.25) is 0 Å². The van der Waals surface area contributed by atoms with Crippen LogP contribution < -0.4 is 4.72 Å². The highest BCUT2D eigenvalue weighted by molar-refractivity contribution is 7.92. The van der Waals surface area contributed by atoms with Crippen molar-refractivity contribution in [2.75, 3.05) is 4.72 Å². The minimum atomic E-state index is -4.01. The largest absolute Gasteiger partial charge is 0.280 e. The van der Waals surface area contributed by atoms with Crippen LogP contribution in [0.1, 0.15) is 11.4 Å². The van der Waals surface area contributed by atoms with Crippen LogP contribution in [0.25, 0.3) is 5.69 Å². The predicted molar refractivity (Wildman–Crippen MR) is 92.5 cm³/mol. The van der Waals surface area contributed by atoms with Crippen molar-refractivity contribution < 1.29 is 13.3 Å². The van der Waals surface area contributed by atoms with Gasteiger partial charge in [0.1, 0.15) is 0 Å². The van der Waals surface area contributed by atoms with Gasteiger partial charge in [0, 0.05) is 11.6 Å². The Hall–Kier alpha value is -3.34. The second-order valence-electron chi connectivity index (χ2n) is 5.45. The highest BCUT2D eigenvalue weighted by Gasteiger charge is 2.23. The third kappa shape index (κ3) is 3.24. The molecule has 26 heavy (non-hydrogen) atoms. The van der Waals surface area contributed by atoms with Gasteiger partial charge in [-0.25, -0.2) is 8.42 Å². The third-order valence-corrected chi connectivity index (χ3v) is 5.24. The lowest BCUT2D eigenvalue weighted by molar-refractivity contribution is -0.385. The molecular weight excluding hydrogens is 360 g/mol. The minimum absolute atomic E-state index is 0.0671. The zero-order valence-corrected chi connectivity index (χ0v) is 14.6. The summed E-state index contributed by atoms with van der Waals surface area (Å²) in [4.78, 5) is 10.3. The summed E-state index contributed by atoms with van der Waals surface area (Å²) in [5.74, 6) is 0.541. The first-order valence-electron chi connectivity index (χ1n) is 7.42. The molecule has 0 saturated carbocycles. The van der Waals surface area contributed by atoms with Gasteiger partial charge in [0.15, 0.2) is 5.82 Å². The lowest BCUT2D eigenvalue weighted by Gasteiger charge is -2.11.